The van der Waals surface area contributed by atoms with Gasteiger partial charge in [-0.1, -0.05) is 13.3 Å². The predicted molar refractivity (Wildman–Crippen MR) is 98.2 cm³/mol. The van der Waals surface area contributed by atoms with E-state index in [4.69, 9.17) is 0 Å². The van der Waals surface area contributed by atoms with Gasteiger partial charge in [-0.2, -0.15) is 0 Å². The Balaban J connectivity index is 1.79. The molecule has 134 valence electrons. The number of aryl methyl sites for hydroxylation is 1. The van der Waals surface area contributed by atoms with Gasteiger partial charge in [0.05, 0.1) is 6.54 Å². The smallest absolute Gasteiger partial charge is 0.317 e. The van der Waals surface area contributed by atoms with Crippen molar-refractivity contribution in [2.45, 2.75) is 52.5 Å². The van der Waals surface area contributed by atoms with E-state index in [1.165, 1.54) is 9.75 Å². The van der Waals surface area contributed by atoms with E-state index in [0.29, 0.717) is 19.5 Å². The number of nitrogens with zero attached hydrogens (tertiary/aromatic N) is 2. The Morgan fingerprint density at radius 3 is 2.67 bits per heavy atom. The number of urea groups is 1. The van der Waals surface area contributed by atoms with Crippen molar-refractivity contribution < 1.29 is 9.59 Å². The number of hydrogen-bond donors (Lipinski definition) is 1. The molecule has 2 heterocycles. The van der Waals surface area contributed by atoms with Gasteiger partial charge in [0.1, 0.15) is 0 Å². The van der Waals surface area contributed by atoms with Gasteiger partial charge < -0.3 is 15.1 Å². The number of unbranched alkanes of at least 4 members (excludes halogenated alkanes) is 1. The number of nitrogens with one attached hydrogen (secondary N) is 1. The second-order valence-corrected chi connectivity index (χ2v) is 7.73. The lowest BCUT2D eigenvalue weighted by Crippen LogP contribution is -2.41. The molecule has 1 aliphatic heterocycles. The first-order valence-electron chi connectivity index (χ1n) is 8.96. The largest absolute Gasteiger partial charge is 0.343 e. The van der Waals surface area contributed by atoms with Gasteiger partial charge in [-0.25, -0.2) is 4.79 Å². The van der Waals surface area contributed by atoms with Crippen LogP contribution in [-0.4, -0.2) is 47.9 Å². The highest BCUT2D eigenvalue weighted by Gasteiger charge is 2.18. The van der Waals surface area contributed by atoms with Gasteiger partial charge in [-0.15, -0.1) is 11.3 Å². The molecule has 1 fully saturated rings. The maximum atomic E-state index is 12.5. The lowest BCUT2D eigenvalue weighted by atomic mass is 10.3. The van der Waals surface area contributed by atoms with E-state index in [0.717, 1.165) is 45.3 Å². The van der Waals surface area contributed by atoms with Gasteiger partial charge in [0, 0.05) is 42.4 Å². The molecule has 1 aliphatic rings. The topological polar surface area (TPSA) is 52.7 Å². The molecule has 1 saturated heterocycles. The van der Waals surface area contributed by atoms with Crippen LogP contribution < -0.4 is 5.32 Å². The summed E-state index contributed by atoms with van der Waals surface area (Å²) in [6.07, 6.45) is 4.64. The molecule has 0 spiro atoms. The Kier molecular flexibility index (Phi) is 7.56. The lowest BCUT2D eigenvalue weighted by Gasteiger charge is -2.23. The van der Waals surface area contributed by atoms with Gasteiger partial charge in [0.15, 0.2) is 0 Å². The molecule has 0 unspecified atom stereocenters. The fourth-order valence-electron chi connectivity index (χ4n) is 2.87. The van der Waals surface area contributed by atoms with Crippen molar-refractivity contribution in [1.82, 2.24) is 15.1 Å². The van der Waals surface area contributed by atoms with Crippen LogP contribution in [0.4, 0.5) is 4.79 Å². The zero-order valence-electron chi connectivity index (χ0n) is 14.8. The third-order valence-corrected chi connectivity index (χ3v) is 5.27. The number of amides is 3. The van der Waals surface area contributed by atoms with Crippen LogP contribution >= 0.6 is 11.3 Å². The molecule has 24 heavy (non-hydrogen) atoms. The minimum Gasteiger partial charge on any atom is -0.343 e. The maximum Gasteiger partial charge on any atom is 0.317 e. The highest BCUT2D eigenvalue weighted by Crippen LogP contribution is 2.17. The minimum absolute atomic E-state index is 0.0660. The van der Waals surface area contributed by atoms with Crippen LogP contribution in [0, 0.1) is 6.92 Å². The predicted octanol–water partition coefficient (Wildman–Crippen LogP) is 3.38. The average Bonchev–Trinajstić information content (AvgIpc) is 3.22. The summed E-state index contributed by atoms with van der Waals surface area (Å²) in [7, 11) is 0. The average molecular weight is 352 g/mol. The Morgan fingerprint density at radius 1 is 1.29 bits per heavy atom. The van der Waals surface area contributed by atoms with E-state index in [1.54, 1.807) is 11.3 Å². The van der Waals surface area contributed by atoms with E-state index in [2.05, 4.69) is 31.3 Å². The molecule has 6 heteroatoms. The Bertz CT molecular complexity index is 538. The van der Waals surface area contributed by atoms with Crippen LogP contribution in [0.1, 0.15) is 48.8 Å². The second-order valence-electron chi connectivity index (χ2n) is 6.36. The van der Waals surface area contributed by atoms with Crippen LogP contribution in [0.25, 0.3) is 0 Å². The molecule has 1 aromatic rings. The molecule has 3 amide bonds. The van der Waals surface area contributed by atoms with Crippen molar-refractivity contribution in [3.8, 4) is 0 Å². The quantitative estimate of drug-likeness (QED) is 0.780. The SMILES string of the molecule is CCCCN(Cc1ccc(C)s1)C(=O)NCCC(=O)N1CCCC1. The molecular formula is C18H29N3O2S. The summed E-state index contributed by atoms with van der Waals surface area (Å²) < 4.78 is 0. The van der Waals surface area contributed by atoms with Crippen molar-refractivity contribution in [1.29, 1.82) is 0 Å². The molecule has 5 nitrogen and oxygen atoms in total. The van der Waals surface area contributed by atoms with Crippen LogP contribution in [0.3, 0.4) is 0 Å². The van der Waals surface area contributed by atoms with Crippen molar-refractivity contribution in [3.05, 3.63) is 21.9 Å². The van der Waals surface area contributed by atoms with Gasteiger partial charge in [-0.05, 0) is 38.3 Å². The first-order valence-corrected chi connectivity index (χ1v) is 9.77. The van der Waals surface area contributed by atoms with Crippen LogP contribution in [0.15, 0.2) is 12.1 Å². The molecule has 0 aliphatic carbocycles. The molecular weight excluding hydrogens is 322 g/mol. The van der Waals surface area contributed by atoms with Crippen LogP contribution in [-0.2, 0) is 11.3 Å². The first-order chi connectivity index (χ1) is 11.6. The molecule has 1 N–H and O–H groups in total. The number of thiophene rings is 1. The molecule has 1 aromatic heterocycles. The van der Waals surface area contributed by atoms with E-state index >= 15 is 0 Å². The summed E-state index contributed by atoms with van der Waals surface area (Å²) in [6, 6.07) is 4.11. The number of carbonyl (C=O) groups excluding carboxylic acids is 2. The van der Waals surface area contributed by atoms with Crippen molar-refractivity contribution in [2.24, 2.45) is 0 Å². The first kappa shape index (κ1) is 18.8. The van der Waals surface area contributed by atoms with Crippen LogP contribution in [0.5, 0.6) is 0 Å². The van der Waals surface area contributed by atoms with E-state index in [-0.39, 0.29) is 11.9 Å². The Morgan fingerprint density at radius 2 is 2.04 bits per heavy atom. The summed E-state index contributed by atoms with van der Waals surface area (Å²) >= 11 is 1.73. The third kappa shape index (κ3) is 5.82. The Hall–Kier alpha value is -1.56. The Labute approximate surface area is 149 Å². The van der Waals surface area contributed by atoms with Gasteiger partial charge in [-0.3, -0.25) is 4.79 Å². The molecule has 2 rings (SSSR count). The molecule has 0 atom stereocenters. The molecule has 0 aromatic carbocycles. The summed E-state index contributed by atoms with van der Waals surface area (Å²) in [5, 5.41) is 2.92. The molecule has 0 radical (unpaired) electrons. The van der Waals surface area contributed by atoms with E-state index < -0.39 is 0 Å². The summed E-state index contributed by atoms with van der Waals surface area (Å²) in [5.74, 6) is 0.154. The zero-order chi connectivity index (χ0) is 17.4. The third-order valence-electron chi connectivity index (χ3n) is 4.29. The molecule has 0 saturated carbocycles. The van der Waals surface area contributed by atoms with Gasteiger partial charge >= 0.3 is 6.03 Å². The fourth-order valence-corrected chi connectivity index (χ4v) is 3.78. The van der Waals surface area contributed by atoms with E-state index in [9.17, 15) is 9.59 Å². The second kappa shape index (κ2) is 9.67. The van der Waals surface area contributed by atoms with Crippen LogP contribution in [0.2, 0.25) is 0 Å². The monoisotopic (exact) mass is 351 g/mol. The number of rotatable bonds is 8. The van der Waals surface area contributed by atoms with Gasteiger partial charge in [0.2, 0.25) is 5.91 Å². The minimum atomic E-state index is -0.0660. The summed E-state index contributed by atoms with van der Waals surface area (Å²) in [6.45, 7) is 7.75. The van der Waals surface area contributed by atoms with Crippen molar-refractivity contribution >= 4 is 23.3 Å². The fraction of sp³-hybridized carbons (Fsp3) is 0.667. The number of carbonyl (C=O) groups is 2. The normalized spacial score (nSPS) is 14.0. The highest BCUT2D eigenvalue weighted by atomic mass is 32.1. The van der Waals surface area contributed by atoms with Crippen molar-refractivity contribution in [2.75, 3.05) is 26.2 Å². The number of hydrogen-bond acceptors (Lipinski definition) is 3. The zero-order valence-corrected chi connectivity index (χ0v) is 15.7. The maximum absolute atomic E-state index is 12.5. The lowest BCUT2D eigenvalue weighted by molar-refractivity contribution is -0.129. The summed E-state index contributed by atoms with van der Waals surface area (Å²) in [5.41, 5.74) is 0. The van der Waals surface area contributed by atoms with Gasteiger partial charge in [0.25, 0.3) is 0 Å². The van der Waals surface area contributed by atoms with E-state index in [1.807, 2.05) is 9.80 Å². The number of likely N-dealkylation sites (tertiary alicyclic amines) is 1. The molecule has 0 bridgehead atoms. The van der Waals surface area contributed by atoms with Crippen molar-refractivity contribution in [3.63, 3.8) is 0 Å². The highest BCUT2D eigenvalue weighted by molar-refractivity contribution is 7.11. The standard InChI is InChI=1S/C18H29N3O2S/c1-3-4-11-21(14-16-8-7-15(2)24-16)18(23)19-10-9-17(22)20-12-5-6-13-20/h7-8H,3-6,9-14H2,1-2H3,(H,19,23). The summed E-state index contributed by atoms with van der Waals surface area (Å²) in [4.78, 5) is 30.7.